The van der Waals surface area contributed by atoms with Crippen LogP contribution in [0.3, 0.4) is 0 Å². The molecule has 0 spiro atoms. The van der Waals surface area contributed by atoms with Crippen molar-refractivity contribution >= 4 is 29.6 Å². The van der Waals surface area contributed by atoms with E-state index in [0.29, 0.717) is 13.0 Å². The molecule has 0 bridgehead atoms. The summed E-state index contributed by atoms with van der Waals surface area (Å²) >= 11 is 0. The summed E-state index contributed by atoms with van der Waals surface area (Å²) in [6.07, 6.45) is 3.24. The lowest BCUT2D eigenvalue weighted by Crippen LogP contribution is -2.61. The normalized spacial score (nSPS) is 20.0. The first-order chi connectivity index (χ1) is 24.0. The Morgan fingerprint density at radius 3 is 2.12 bits per heavy atom. The molecule has 7 unspecified atom stereocenters. The van der Waals surface area contributed by atoms with Crippen LogP contribution in [0.4, 0.5) is 0 Å². The Labute approximate surface area is 303 Å². The Balaban J connectivity index is 1.77. The highest BCUT2D eigenvalue weighted by atomic mass is 16.5. The Morgan fingerprint density at radius 2 is 1.61 bits per heavy atom. The van der Waals surface area contributed by atoms with Gasteiger partial charge < -0.3 is 40.4 Å². The second kappa shape index (κ2) is 18.8. The van der Waals surface area contributed by atoms with Crippen LogP contribution in [0.5, 0.6) is 0 Å². The topological polar surface area (TPSA) is 170 Å². The number of nitrogens with zero attached hydrogens (tertiary/aromatic N) is 2. The van der Waals surface area contributed by atoms with E-state index in [9.17, 15) is 24.0 Å². The molecule has 1 aromatic carbocycles. The molecule has 1 saturated carbocycles. The summed E-state index contributed by atoms with van der Waals surface area (Å²) in [5.74, 6) is -2.52. The Hall–Kier alpha value is -3.55. The van der Waals surface area contributed by atoms with Crippen LogP contribution in [-0.2, 0) is 44.6 Å². The van der Waals surface area contributed by atoms with Crippen molar-refractivity contribution in [3.63, 3.8) is 0 Å². The van der Waals surface area contributed by atoms with E-state index in [1.165, 1.54) is 14.2 Å². The molecule has 0 radical (unpaired) electrons. The van der Waals surface area contributed by atoms with Crippen LogP contribution in [-0.4, -0.2) is 116 Å². The fraction of sp³-hybridized carbons (Fsp3) is 0.711. The number of ether oxygens (including phenoxy) is 3. The van der Waals surface area contributed by atoms with Gasteiger partial charge in [0.15, 0.2) is 0 Å². The van der Waals surface area contributed by atoms with Gasteiger partial charge in [0.1, 0.15) is 12.1 Å². The van der Waals surface area contributed by atoms with E-state index < -0.39 is 53.7 Å². The van der Waals surface area contributed by atoms with Gasteiger partial charge in [0.05, 0.1) is 49.3 Å². The number of benzene rings is 1. The number of rotatable bonds is 18. The molecule has 4 N–H and O–H groups in total. The van der Waals surface area contributed by atoms with Crippen molar-refractivity contribution in [2.45, 2.75) is 121 Å². The molecule has 4 amide bonds. The summed E-state index contributed by atoms with van der Waals surface area (Å²) < 4.78 is 16.9. The zero-order valence-electron chi connectivity index (χ0n) is 32.0. The number of methoxy groups -OCH3 is 3. The predicted molar refractivity (Wildman–Crippen MR) is 193 cm³/mol. The number of likely N-dealkylation sites (tertiary alicyclic amines) is 1. The maximum Gasteiger partial charge on any atom is 0.328 e. The Bertz CT molecular complexity index is 1330. The zero-order chi connectivity index (χ0) is 38.0. The third-order valence-electron chi connectivity index (χ3n) is 10.6. The number of esters is 1. The van der Waals surface area contributed by atoms with Crippen molar-refractivity contribution in [2.75, 3.05) is 34.9 Å². The lowest BCUT2D eigenvalue weighted by Gasteiger charge is -2.45. The van der Waals surface area contributed by atoms with E-state index in [0.717, 1.165) is 31.2 Å². The standard InChI is InChI=1S/C38H61N5O8/c1-23(2)31(41-37(48)38(4,5)39)35(46)42(6)32(26-17-13-18-26)29(49-7)22-30(44)43-20-14-19-28(43)33(50-8)24(3)34(45)40-27(36(47)51-9)21-25-15-11-10-12-16-25/h10-12,15-16,23-24,26-29,31-33H,13-14,17-22,39H2,1-9H3,(H,40,45)(H,41,48). The number of likely N-dealkylation sites (N-methyl/N-ethyl adjacent to an activating group) is 1. The van der Waals surface area contributed by atoms with Crippen LogP contribution in [0.15, 0.2) is 30.3 Å². The van der Waals surface area contributed by atoms with E-state index in [1.807, 2.05) is 44.2 Å². The summed E-state index contributed by atoms with van der Waals surface area (Å²) in [7, 11) is 6.09. The van der Waals surface area contributed by atoms with Gasteiger partial charge in [-0.15, -0.1) is 0 Å². The molecule has 1 aromatic rings. The summed E-state index contributed by atoms with van der Waals surface area (Å²) in [5, 5.41) is 5.70. The maximum atomic E-state index is 14.1. The van der Waals surface area contributed by atoms with E-state index in [4.69, 9.17) is 19.9 Å². The van der Waals surface area contributed by atoms with Crippen molar-refractivity contribution in [2.24, 2.45) is 23.5 Å². The van der Waals surface area contributed by atoms with Crippen molar-refractivity contribution in [1.29, 1.82) is 0 Å². The minimum Gasteiger partial charge on any atom is -0.467 e. The molecular weight excluding hydrogens is 654 g/mol. The van der Waals surface area contributed by atoms with Gasteiger partial charge in [0.25, 0.3) is 0 Å². The minimum absolute atomic E-state index is 0.0266. The van der Waals surface area contributed by atoms with E-state index in [-0.39, 0.29) is 48.4 Å². The highest BCUT2D eigenvalue weighted by Gasteiger charge is 2.45. The lowest BCUT2D eigenvalue weighted by atomic mass is 9.76. The molecule has 13 heteroatoms. The van der Waals surface area contributed by atoms with Gasteiger partial charge in [-0.3, -0.25) is 19.2 Å². The smallest absolute Gasteiger partial charge is 0.328 e. The van der Waals surface area contributed by atoms with Crippen molar-refractivity contribution in [1.82, 2.24) is 20.4 Å². The maximum absolute atomic E-state index is 14.1. The van der Waals surface area contributed by atoms with Gasteiger partial charge in [-0.2, -0.15) is 0 Å². The Kier molecular flexibility index (Phi) is 15.4. The molecule has 1 aliphatic carbocycles. The quantitative estimate of drug-likeness (QED) is 0.193. The molecule has 51 heavy (non-hydrogen) atoms. The van der Waals surface area contributed by atoms with Crippen LogP contribution in [0.1, 0.15) is 78.7 Å². The fourth-order valence-corrected chi connectivity index (χ4v) is 7.27. The van der Waals surface area contributed by atoms with Crippen molar-refractivity contribution < 1.29 is 38.2 Å². The van der Waals surface area contributed by atoms with Crippen molar-refractivity contribution in [3.8, 4) is 0 Å². The number of carbonyl (C=O) groups excluding carboxylic acids is 5. The summed E-state index contributed by atoms with van der Waals surface area (Å²) in [6, 6.07) is 6.91. The number of amides is 4. The van der Waals surface area contributed by atoms with E-state index in [2.05, 4.69) is 10.6 Å². The molecule has 3 rings (SSSR count). The first-order valence-corrected chi connectivity index (χ1v) is 18.2. The van der Waals surface area contributed by atoms with Crippen LogP contribution >= 0.6 is 0 Å². The molecule has 1 aliphatic heterocycles. The molecule has 1 saturated heterocycles. The monoisotopic (exact) mass is 715 g/mol. The van der Waals surface area contributed by atoms with Crippen molar-refractivity contribution in [3.05, 3.63) is 35.9 Å². The van der Waals surface area contributed by atoms with E-state index in [1.54, 1.807) is 44.7 Å². The van der Waals surface area contributed by atoms with Gasteiger partial charge in [0, 0.05) is 34.2 Å². The summed E-state index contributed by atoms with van der Waals surface area (Å²) in [5.41, 5.74) is 5.74. The van der Waals surface area contributed by atoms with Gasteiger partial charge in [-0.1, -0.05) is 57.5 Å². The molecule has 0 aromatic heterocycles. The largest absolute Gasteiger partial charge is 0.467 e. The molecular formula is C38H61N5O8. The number of hydrogen-bond acceptors (Lipinski definition) is 9. The van der Waals surface area contributed by atoms with Gasteiger partial charge in [-0.05, 0) is 56.9 Å². The summed E-state index contributed by atoms with van der Waals surface area (Å²) in [4.78, 5) is 70.6. The van der Waals surface area contributed by atoms with Crippen LogP contribution < -0.4 is 16.4 Å². The average Bonchev–Trinajstić information content (AvgIpc) is 3.56. The zero-order valence-corrected chi connectivity index (χ0v) is 32.0. The summed E-state index contributed by atoms with van der Waals surface area (Å²) in [6.45, 7) is 9.16. The van der Waals surface area contributed by atoms with Crippen LogP contribution in [0, 0.1) is 17.8 Å². The molecule has 13 nitrogen and oxygen atoms in total. The van der Waals surface area contributed by atoms with Gasteiger partial charge in [0.2, 0.25) is 23.6 Å². The highest BCUT2D eigenvalue weighted by Crippen LogP contribution is 2.36. The number of nitrogens with two attached hydrogens (primary N) is 1. The predicted octanol–water partition coefficient (Wildman–Crippen LogP) is 2.44. The molecule has 2 aliphatic rings. The molecule has 2 fully saturated rings. The average molecular weight is 716 g/mol. The van der Waals surface area contributed by atoms with Gasteiger partial charge in [-0.25, -0.2) is 4.79 Å². The van der Waals surface area contributed by atoms with Crippen LogP contribution in [0.25, 0.3) is 0 Å². The Morgan fingerprint density at radius 1 is 0.961 bits per heavy atom. The number of nitrogens with one attached hydrogen (secondary N) is 2. The SMILES string of the molecule is COC(=O)C(Cc1ccccc1)NC(=O)C(C)C(OC)C1CCCN1C(=O)CC(OC)C(C1CCC1)N(C)C(=O)C(NC(=O)C(C)(C)N)C(C)C. The molecule has 1 heterocycles. The number of hydrogen-bond donors (Lipinski definition) is 3. The first kappa shape index (κ1) is 41.9. The fourth-order valence-electron chi connectivity index (χ4n) is 7.27. The second-order valence-corrected chi connectivity index (χ2v) is 15.1. The lowest BCUT2D eigenvalue weighted by molar-refractivity contribution is -0.149. The third kappa shape index (κ3) is 10.7. The van der Waals surface area contributed by atoms with E-state index >= 15 is 0 Å². The first-order valence-electron chi connectivity index (χ1n) is 18.2. The second-order valence-electron chi connectivity index (χ2n) is 15.1. The minimum atomic E-state index is -1.16. The molecule has 7 atom stereocenters. The third-order valence-corrected chi connectivity index (χ3v) is 10.6. The highest BCUT2D eigenvalue weighted by molar-refractivity contribution is 5.92. The number of carbonyl (C=O) groups is 5. The van der Waals surface area contributed by atoms with Crippen LogP contribution in [0.2, 0.25) is 0 Å². The van der Waals surface area contributed by atoms with Gasteiger partial charge >= 0.3 is 5.97 Å². The molecule has 286 valence electrons.